The number of hydrogen-bond acceptors (Lipinski definition) is 6. The van der Waals surface area contributed by atoms with Gasteiger partial charge in [0.2, 0.25) is 5.91 Å². The first-order valence-electron chi connectivity index (χ1n) is 8.46. The van der Waals surface area contributed by atoms with Crippen LogP contribution in [0.3, 0.4) is 0 Å². The summed E-state index contributed by atoms with van der Waals surface area (Å²) in [5.41, 5.74) is 7.13. The van der Waals surface area contributed by atoms with Crippen molar-refractivity contribution in [3.63, 3.8) is 0 Å². The molecule has 2 heterocycles. The molecule has 2 aromatic rings. The third kappa shape index (κ3) is 6.91. The number of carbonyl (C=O) groups is 1. The van der Waals surface area contributed by atoms with E-state index in [2.05, 4.69) is 34.9 Å². The molecule has 0 bridgehead atoms. The molecular weight excluding hydrogens is 348 g/mol. The molecule has 1 amide bonds. The van der Waals surface area contributed by atoms with Gasteiger partial charge >= 0.3 is 0 Å². The fourth-order valence-electron chi connectivity index (χ4n) is 2.10. The molecule has 0 aliphatic heterocycles. The maximum absolute atomic E-state index is 11.3. The Morgan fingerprint density at radius 1 is 1.27 bits per heavy atom. The lowest BCUT2D eigenvalue weighted by molar-refractivity contribution is -0.0572. The van der Waals surface area contributed by atoms with Crippen molar-refractivity contribution in [2.45, 2.75) is 32.3 Å². The molecule has 2 aromatic heterocycles. The number of amides is 1. The normalized spacial score (nSPS) is 11.3. The Kier molecular flexibility index (Phi) is 7.25. The Hall–Kier alpha value is -2.29. The van der Waals surface area contributed by atoms with Crippen LogP contribution in [0.1, 0.15) is 15.9 Å². The molecule has 0 saturated heterocycles. The van der Waals surface area contributed by atoms with Crippen molar-refractivity contribution < 1.29 is 14.3 Å². The van der Waals surface area contributed by atoms with Crippen molar-refractivity contribution in [3.05, 3.63) is 47.9 Å². The van der Waals surface area contributed by atoms with E-state index in [1.165, 1.54) is 6.20 Å². The molecule has 0 atom stereocenters. The van der Waals surface area contributed by atoms with Crippen LogP contribution in [-0.4, -0.2) is 37.3 Å². The van der Waals surface area contributed by atoms with Crippen LogP contribution < -0.4 is 11.1 Å². The van der Waals surface area contributed by atoms with E-state index in [-0.39, 0.29) is 6.79 Å². The highest BCUT2D eigenvalue weighted by Gasteiger charge is 2.12. The van der Waals surface area contributed by atoms with Crippen LogP contribution in [-0.2, 0) is 16.1 Å². The average molecular weight is 375 g/mol. The summed E-state index contributed by atoms with van der Waals surface area (Å²) in [5, 5.41) is 3.14. The first-order valence-corrected chi connectivity index (χ1v) is 12.2. The number of carbonyl (C=O) groups excluding carboxylic acids is 1. The summed E-state index contributed by atoms with van der Waals surface area (Å²) in [7, 11) is -1.09. The minimum Gasteiger partial charge on any atom is -0.366 e. The summed E-state index contributed by atoms with van der Waals surface area (Å²) in [4.78, 5) is 19.6. The van der Waals surface area contributed by atoms with Crippen LogP contribution in [0.15, 0.2) is 36.8 Å². The minimum atomic E-state index is -1.09. The fourth-order valence-corrected chi connectivity index (χ4v) is 2.85. The van der Waals surface area contributed by atoms with Gasteiger partial charge in [0.15, 0.2) is 0 Å². The largest absolute Gasteiger partial charge is 0.366 e. The number of hydrogen-bond donors (Lipinski definition) is 2. The highest BCUT2D eigenvalue weighted by molar-refractivity contribution is 6.76. The number of nitrogens with two attached hydrogens (primary N) is 1. The number of anilines is 2. The first kappa shape index (κ1) is 20.0. The summed E-state index contributed by atoms with van der Waals surface area (Å²) >= 11 is 0. The van der Waals surface area contributed by atoms with Crippen LogP contribution in [0.5, 0.6) is 0 Å². The maximum Gasteiger partial charge on any atom is 0.250 e. The number of nitrogens with one attached hydrogen (secondary N) is 1. The van der Waals surface area contributed by atoms with Gasteiger partial charge in [0.05, 0.1) is 24.1 Å². The van der Waals surface area contributed by atoms with Gasteiger partial charge in [-0.3, -0.25) is 9.78 Å². The van der Waals surface area contributed by atoms with Crippen molar-refractivity contribution in [2.24, 2.45) is 5.73 Å². The Bertz CT molecular complexity index is 734. The third-order valence-electron chi connectivity index (χ3n) is 3.60. The molecule has 0 spiro atoms. The van der Waals surface area contributed by atoms with Crippen LogP contribution in [0.4, 0.5) is 11.5 Å². The first-order chi connectivity index (χ1) is 12.3. The molecule has 7 nitrogen and oxygen atoms in total. The lowest BCUT2D eigenvalue weighted by Crippen LogP contribution is -2.22. The van der Waals surface area contributed by atoms with Gasteiger partial charge in [0.25, 0.3) is 0 Å². The van der Waals surface area contributed by atoms with E-state index in [0.717, 1.165) is 18.2 Å². The van der Waals surface area contributed by atoms with Gasteiger partial charge in [0, 0.05) is 32.6 Å². The van der Waals surface area contributed by atoms with Gasteiger partial charge < -0.3 is 20.5 Å². The molecule has 0 aliphatic carbocycles. The van der Waals surface area contributed by atoms with E-state index in [0.29, 0.717) is 23.7 Å². The van der Waals surface area contributed by atoms with Gasteiger partial charge in [-0.05, 0) is 18.2 Å². The van der Waals surface area contributed by atoms with E-state index in [1.54, 1.807) is 18.5 Å². The Morgan fingerprint density at radius 3 is 2.81 bits per heavy atom. The number of primary amides is 1. The van der Waals surface area contributed by atoms with E-state index in [1.807, 2.05) is 12.1 Å². The highest BCUT2D eigenvalue weighted by Crippen LogP contribution is 2.19. The number of pyridine rings is 2. The van der Waals surface area contributed by atoms with Crippen LogP contribution in [0.25, 0.3) is 0 Å². The Labute approximate surface area is 155 Å². The van der Waals surface area contributed by atoms with Crippen LogP contribution >= 0.6 is 0 Å². The number of rotatable bonds is 10. The van der Waals surface area contributed by atoms with Crippen LogP contribution in [0.2, 0.25) is 25.7 Å². The summed E-state index contributed by atoms with van der Waals surface area (Å²) in [6.07, 6.45) is 4.71. The number of nitrogens with zero attached hydrogens (tertiary/aromatic N) is 2. The van der Waals surface area contributed by atoms with E-state index in [9.17, 15) is 4.79 Å². The minimum absolute atomic E-state index is 0.248. The SMILES string of the molecule is C[Si](C)(C)CCOCOCc1cccnc1Nc1cncc(C(N)=O)c1. The van der Waals surface area contributed by atoms with Gasteiger partial charge in [0.1, 0.15) is 12.6 Å². The lowest BCUT2D eigenvalue weighted by atomic mass is 10.2. The van der Waals surface area contributed by atoms with Gasteiger partial charge in [-0.1, -0.05) is 25.7 Å². The molecule has 2 rings (SSSR count). The molecular formula is C18H26N4O3Si. The molecule has 0 unspecified atom stereocenters. The zero-order chi connectivity index (χ0) is 19.0. The Balaban J connectivity index is 1.89. The van der Waals surface area contributed by atoms with Gasteiger partial charge in [-0.25, -0.2) is 4.98 Å². The zero-order valence-electron chi connectivity index (χ0n) is 15.5. The topological polar surface area (TPSA) is 99.4 Å². The summed E-state index contributed by atoms with van der Waals surface area (Å²) < 4.78 is 11.1. The molecule has 0 aromatic carbocycles. The van der Waals surface area contributed by atoms with Crippen LogP contribution in [0, 0.1) is 0 Å². The predicted octanol–water partition coefficient (Wildman–Crippen LogP) is 3.15. The second-order valence-corrected chi connectivity index (χ2v) is 12.8. The van der Waals surface area contributed by atoms with E-state index in [4.69, 9.17) is 15.2 Å². The summed E-state index contributed by atoms with van der Waals surface area (Å²) in [6.45, 7) is 8.27. The monoisotopic (exact) mass is 374 g/mol. The zero-order valence-corrected chi connectivity index (χ0v) is 16.5. The fraction of sp³-hybridized carbons (Fsp3) is 0.389. The van der Waals surface area contributed by atoms with E-state index >= 15 is 0 Å². The molecule has 26 heavy (non-hydrogen) atoms. The standard InChI is InChI=1S/C18H26N4O3Si/c1-26(2,3)8-7-24-13-25-12-14-5-4-6-21-18(14)22-16-9-15(17(19)23)10-20-11-16/h4-6,9-11H,7-8,12-13H2,1-3H3,(H2,19,23)(H,21,22). The molecule has 0 radical (unpaired) electrons. The molecule has 8 heteroatoms. The van der Waals surface area contributed by atoms with Crippen molar-refractivity contribution >= 4 is 25.5 Å². The van der Waals surface area contributed by atoms with Crippen molar-refractivity contribution in [3.8, 4) is 0 Å². The molecule has 0 aliphatic rings. The predicted molar refractivity (Wildman–Crippen MR) is 104 cm³/mol. The van der Waals surface area contributed by atoms with Crippen molar-refractivity contribution in [1.82, 2.24) is 9.97 Å². The second kappa shape index (κ2) is 9.42. The Morgan fingerprint density at radius 2 is 2.08 bits per heavy atom. The average Bonchev–Trinajstić information content (AvgIpc) is 2.58. The molecule has 0 saturated carbocycles. The maximum atomic E-state index is 11.3. The van der Waals surface area contributed by atoms with Crippen molar-refractivity contribution in [1.29, 1.82) is 0 Å². The van der Waals surface area contributed by atoms with Gasteiger partial charge in [-0.15, -0.1) is 0 Å². The molecule has 140 valence electrons. The summed E-state index contributed by atoms with van der Waals surface area (Å²) in [5.74, 6) is 0.110. The number of ether oxygens (including phenoxy) is 2. The van der Waals surface area contributed by atoms with E-state index < -0.39 is 14.0 Å². The lowest BCUT2D eigenvalue weighted by Gasteiger charge is -2.15. The third-order valence-corrected chi connectivity index (χ3v) is 5.30. The quantitative estimate of drug-likeness (QED) is 0.376. The number of aromatic nitrogens is 2. The molecule has 0 fully saturated rings. The van der Waals surface area contributed by atoms with Gasteiger partial charge in [-0.2, -0.15) is 0 Å². The highest BCUT2D eigenvalue weighted by atomic mass is 28.3. The smallest absolute Gasteiger partial charge is 0.250 e. The molecule has 3 N–H and O–H groups in total. The van der Waals surface area contributed by atoms with Crippen molar-refractivity contribution in [2.75, 3.05) is 18.7 Å². The second-order valence-electron chi connectivity index (χ2n) is 7.15. The summed E-state index contributed by atoms with van der Waals surface area (Å²) in [6, 6.07) is 6.50.